The van der Waals surface area contributed by atoms with E-state index in [1.54, 1.807) is 6.20 Å². The Morgan fingerprint density at radius 3 is 2.68 bits per heavy atom. The smallest absolute Gasteiger partial charge is 0.256 e. The van der Waals surface area contributed by atoms with Crippen LogP contribution in [0.4, 0.5) is 5.82 Å². The van der Waals surface area contributed by atoms with E-state index in [4.69, 9.17) is 0 Å². The molecule has 0 spiro atoms. The summed E-state index contributed by atoms with van der Waals surface area (Å²) < 4.78 is 3.98. The number of hydrogen-bond acceptors (Lipinski definition) is 3. The maximum absolute atomic E-state index is 12.5. The van der Waals surface area contributed by atoms with Crippen LogP contribution in [0.5, 0.6) is 0 Å². The Hall–Kier alpha value is -2.89. The van der Waals surface area contributed by atoms with Gasteiger partial charge < -0.3 is 9.88 Å². The van der Waals surface area contributed by atoms with Gasteiger partial charge in [0.25, 0.3) is 5.91 Å². The summed E-state index contributed by atoms with van der Waals surface area (Å²) >= 11 is 0. The van der Waals surface area contributed by atoms with Crippen molar-refractivity contribution in [3.05, 3.63) is 59.3 Å². The van der Waals surface area contributed by atoms with Gasteiger partial charge in [0.05, 0.1) is 17.6 Å². The Morgan fingerprint density at radius 2 is 1.96 bits per heavy atom. The highest BCUT2D eigenvalue weighted by Crippen LogP contribution is 2.20. The maximum atomic E-state index is 12.5. The second kappa shape index (κ2) is 6.20. The number of aromatic nitrogens is 4. The number of nitrogens with one attached hydrogen (secondary N) is 1. The number of carbonyl (C=O) groups excluding carboxylic acids is 1. The lowest BCUT2D eigenvalue weighted by Crippen LogP contribution is -2.18. The maximum Gasteiger partial charge on any atom is 0.256 e. The number of nitrogens with zero attached hydrogens (tertiary/aromatic N) is 4. The highest BCUT2D eigenvalue weighted by Gasteiger charge is 2.16. The quantitative estimate of drug-likeness (QED) is 0.799. The lowest BCUT2D eigenvalue weighted by atomic mass is 10.1. The van der Waals surface area contributed by atoms with Gasteiger partial charge in [0.2, 0.25) is 0 Å². The SMILES string of the molecule is Cc1cc(C)n(-c2ccc(C(=O)Nc3cnc4n3CCCC4)cc2)n1. The van der Waals surface area contributed by atoms with Crippen LogP contribution in [-0.2, 0) is 13.0 Å². The molecule has 0 saturated carbocycles. The van der Waals surface area contributed by atoms with Crippen LogP contribution in [0.25, 0.3) is 5.69 Å². The van der Waals surface area contributed by atoms with E-state index in [2.05, 4.69) is 20.0 Å². The third-order valence-electron chi connectivity index (χ3n) is 4.60. The number of carbonyl (C=O) groups is 1. The number of anilines is 1. The number of hydrogen-bond donors (Lipinski definition) is 1. The van der Waals surface area contributed by atoms with Crippen LogP contribution in [0.15, 0.2) is 36.5 Å². The van der Waals surface area contributed by atoms with E-state index in [0.29, 0.717) is 5.56 Å². The van der Waals surface area contributed by atoms with Crippen LogP contribution >= 0.6 is 0 Å². The van der Waals surface area contributed by atoms with Gasteiger partial charge in [0.15, 0.2) is 0 Å². The highest BCUT2D eigenvalue weighted by molar-refractivity contribution is 6.03. The normalized spacial score (nSPS) is 13.5. The molecule has 25 heavy (non-hydrogen) atoms. The first-order valence-corrected chi connectivity index (χ1v) is 8.61. The molecule has 0 unspecified atom stereocenters. The molecule has 4 rings (SSSR count). The van der Waals surface area contributed by atoms with Gasteiger partial charge in [0, 0.05) is 24.2 Å². The van der Waals surface area contributed by atoms with Crippen molar-refractivity contribution in [2.24, 2.45) is 0 Å². The minimum atomic E-state index is -0.117. The minimum Gasteiger partial charge on any atom is -0.315 e. The molecule has 1 aromatic carbocycles. The van der Waals surface area contributed by atoms with Crippen molar-refractivity contribution in [2.75, 3.05) is 5.32 Å². The van der Waals surface area contributed by atoms with E-state index >= 15 is 0 Å². The van der Waals surface area contributed by atoms with E-state index in [1.807, 2.05) is 48.9 Å². The summed E-state index contributed by atoms with van der Waals surface area (Å²) in [4.78, 5) is 16.9. The zero-order chi connectivity index (χ0) is 17.4. The summed E-state index contributed by atoms with van der Waals surface area (Å²) in [6, 6.07) is 9.52. The van der Waals surface area contributed by atoms with Crippen molar-refractivity contribution in [3.63, 3.8) is 0 Å². The molecule has 6 heteroatoms. The second-order valence-electron chi connectivity index (χ2n) is 6.51. The lowest BCUT2D eigenvalue weighted by Gasteiger charge is -2.16. The molecule has 1 amide bonds. The highest BCUT2D eigenvalue weighted by atomic mass is 16.1. The second-order valence-corrected chi connectivity index (χ2v) is 6.51. The molecule has 0 atom stereocenters. The fourth-order valence-corrected chi connectivity index (χ4v) is 3.35. The average Bonchev–Trinajstić information content (AvgIpc) is 3.18. The van der Waals surface area contributed by atoms with Crippen molar-refractivity contribution < 1.29 is 4.79 Å². The van der Waals surface area contributed by atoms with E-state index in [9.17, 15) is 4.79 Å². The molecular formula is C19H21N5O. The Labute approximate surface area is 146 Å². The first-order chi connectivity index (χ1) is 12.1. The molecule has 6 nitrogen and oxygen atoms in total. The summed E-state index contributed by atoms with van der Waals surface area (Å²) in [5.41, 5.74) is 3.62. The standard InChI is InChI=1S/C19H21N5O/c1-13-11-14(2)24(22-13)16-8-6-15(7-9-16)19(25)21-18-12-20-17-5-3-4-10-23(17)18/h6-9,11-12H,3-5,10H2,1-2H3,(H,21,25). The number of amides is 1. The topological polar surface area (TPSA) is 64.7 Å². The Bertz CT molecular complexity index is 920. The first-order valence-electron chi connectivity index (χ1n) is 8.61. The molecule has 0 saturated heterocycles. The van der Waals surface area contributed by atoms with Crippen molar-refractivity contribution in [1.29, 1.82) is 0 Å². The van der Waals surface area contributed by atoms with Crippen LogP contribution in [0.3, 0.4) is 0 Å². The Morgan fingerprint density at radius 1 is 1.16 bits per heavy atom. The minimum absolute atomic E-state index is 0.117. The predicted molar refractivity (Wildman–Crippen MR) is 96.2 cm³/mol. The largest absolute Gasteiger partial charge is 0.315 e. The summed E-state index contributed by atoms with van der Waals surface area (Å²) in [6.45, 7) is 4.91. The van der Waals surface area contributed by atoms with Gasteiger partial charge in [-0.3, -0.25) is 4.79 Å². The van der Waals surface area contributed by atoms with Crippen molar-refractivity contribution >= 4 is 11.7 Å². The fraction of sp³-hybridized carbons (Fsp3) is 0.316. The molecule has 0 bridgehead atoms. The molecule has 1 N–H and O–H groups in total. The molecule has 0 fully saturated rings. The Balaban J connectivity index is 1.53. The number of fused-ring (bicyclic) bond motifs is 1. The van der Waals surface area contributed by atoms with Crippen molar-refractivity contribution in [3.8, 4) is 5.69 Å². The van der Waals surface area contributed by atoms with E-state index < -0.39 is 0 Å². The molecule has 3 heterocycles. The lowest BCUT2D eigenvalue weighted by molar-refractivity contribution is 0.102. The zero-order valence-electron chi connectivity index (χ0n) is 14.5. The van der Waals surface area contributed by atoms with Gasteiger partial charge in [-0.25, -0.2) is 9.67 Å². The molecule has 128 valence electrons. The number of aryl methyl sites for hydroxylation is 3. The Kier molecular flexibility index (Phi) is 3.87. The number of rotatable bonds is 3. The van der Waals surface area contributed by atoms with Crippen molar-refractivity contribution in [2.45, 2.75) is 39.7 Å². The molecular weight excluding hydrogens is 314 g/mol. The summed E-state index contributed by atoms with van der Waals surface area (Å²) in [7, 11) is 0. The van der Waals surface area contributed by atoms with Crippen LogP contribution in [0, 0.1) is 13.8 Å². The molecule has 3 aromatic rings. The van der Waals surface area contributed by atoms with Crippen molar-refractivity contribution in [1.82, 2.24) is 19.3 Å². The van der Waals surface area contributed by atoms with Gasteiger partial charge >= 0.3 is 0 Å². The van der Waals surface area contributed by atoms with Crippen LogP contribution in [-0.4, -0.2) is 25.2 Å². The molecule has 0 radical (unpaired) electrons. The summed E-state index contributed by atoms with van der Waals surface area (Å²) in [6.07, 6.45) is 5.03. The van der Waals surface area contributed by atoms with Crippen LogP contribution in [0.2, 0.25) is 0 Å². The number of benzene rings is 1. The molecule has 0 aliphatic carbocycles. The molecule has 2 aromatic heterocycles. The monoisotopic (exact) mass is 335 g/mol. The molecule has 1 aliphatic heterocycles. The van der Waals surface area contributed by atoms with Gasteiger partial charge in [-0.1, -0.05) is 0 Å². The first kappa shape index (κ1) is 15.6. The van der Waals surface area contributed by atoms with Gasteiger partial charge in [-0.2, -0.15) is 5.10 Å². The summed E-state index contributed by atoms with van der Waals surface area (Å²) in [5, 5.41) is 7.45. The van der Waals surface area contributed by atoms with Gasteiger partial charge in [-0.15, -0.1) is 0 Å². The predicted octanol–water partition coefficient (Wildman–Crippen LogP) is 3.27. The average molecular weight is 335 g/mol. The fourth-order valence-electron chi connectivity index (χ4n) is 3.35. The third-order valence-corrected chi connectivity index (χ3v) is 4.60. The number of imidazole rings is 1. The third kappa shape index (κ3) is 2.95. The zero-order valence-corrected chi connectivity index (χ0v) is 14.5. The van der Waals surface area contributed by atoms with E-state index in [-0.39, 0.29) is 5.91 Å². The van der Waals surface area contributed by atoms with Gasteiger partial charge in [-0.05, 0) is 57.0 Å². The van der Waals surface area contributed by atoms with Gasteiger partial charge in [0.1, 0.15) is 11.6 Å². The van der Waals surface area contributed by atoms with E-state index in [1.165, 1.54) is 0 Å². The summed E-state index contributed by atoms with van der Waals surface area (Å²) in [5.74, 6) is 1.72. The van der Waals surface area contributed by atoms with Crippen LogP contribution < -0.4 is 5.32 Å². The molecule has 1 aliphatic rings. The van der Waals surface area contributed by atoms with E-state index in [0.717, 1.165) is 54.5 Å². The van der Waals surface area contributed by atoms with Crippen LogP contribution in [0.1, 0.15) is 40.4 Å².